The summed E-state index contributed by atoms with van der Waals surface area (Å²) in [7, 11) is 1.26. The van der Waals surface area contributed by atoms with Crippen molar-refractivity contribution in [1.82, 2.24) is 5.32 Å². The van der Waals surface area contributed by atoms with Crippen LogP contribution in [0.15, 0.2) is 12.1 Å². The number of benzene rings is 1. The molecule has 2 N–H and O–H groups in total. The fourth-order valence-electron chi connectivity index (χ4n) is 5.59. The maximum atomic E-state index is 11.9. The third-order valence-corrected chi connectivity index (χ3v) is 8.43. The molecular weight excluding hydrogens is 406 g/mol. The van der Waals surface area contributed by atoms with Crippen LogP contribution < -0.4 is 14.8 Å². The summed E-state index contributed by atoms with van der Waals surface area (Å²) in [6, 6.07) is 4.18. The highest BCUT2D eigenvalue weighted by Gasteiger charge is 2.65. The van der Waals surface area contributed by atoms with E-state index in [9.17, 15) is 13.2 Å². The number of ether oxygens (including phenoxy) is 2. The normalized spacial score (nSPS) is 28.3. The number of hydrogen-bond donors (Lipinski definition) is 2. The SMILES string of the molecule is CC1(C)[C@@H]2CC[C@@]1(CS(=O)(=O)O)C(=O)C2.CNC[C@H]1Cc2cc(OC)c(OC)cc21. The summed E-state index contributed by atoms with van der Waals surface area (Å²) in [5.41, 5.74) is 1.65. The lowest BCUT2D eigenvalue weighted by molar-refractivity contribution is -0.128. The Morgan fingerprint density at radius 1 is 1.17 bits per heavy atom. The number of hydrogen-bond acceptors (Lipinski definition) is 6. The Morgan fingerprint density at radius 3 is 2.27 bits per heavy atom. The Labute approximate surface area is 179 Å². The minimum absolute atomic E-state index is 0.0152. The lowest BCUT2D eigenvalue weighted by Gasteiger charge is -2.35. The maximum Gasteiger partial charge on any atom is 0.265 e. The van der Waals surface area contributed by atoms with Gasteiger partial charge in [-0.2, -0.15) is 8.42 Å². The van der Waals surface area contributed by atoms with Crippen LogP contribution in [0.2, 0.25) is 0 Å². The molecule has 1 aromatic carbocycles. The second-order valence-corrected chi connectivity index (χ2v) is 10.7. The average Bonchev–Trinajstić information content (AvgIpc) is 2.99. The molecular formula is C22H33NO6S. The largest absolute Gasteiger partial charge is 0.493 e. The second kappa shape index (κ2) is 8.13. The number of rotatable bonds is 6. The molecule has 0 saturated heterocycles. The number of fused-ring (bicyclic) bond motifs is 3. The summed E-state index contributed by atoms with van der Waals surface area (Å²) < 4.78 is 41.5. The van der Waals surface area contributed by atoms with Gasteiger partial charge in [0.05, 0.1) is 25.4 Å². The van der Waals surface area contributed by atoms with E-state index < -0.39 is 21.3 Å². The number of carbonyl (C=O) groups is 1. The molecule has 3 aliphatic carbocycles. The van der Waals surface area contributed by atoms with Crippen LogP contribution in [0, 0.1) is 16.7 Å². The van der Waals surface area contributed by atoms with E-state index in [4.69, 9.17) is 14.0 Å². The van der Waals surface area contributed by atoms with Crippen LogP contribution in [-0.2, 0) is 21.3 Å². The van der Waals surface area contributed by atoms with E-state index in [0.717, 1.165) is 30.9 Å². The number of methoxy groups -OCH3 is 2. The summed E-state index contributed by atoms with van der Waals surface area (Å²) in [5.74, 6) is 2.19. The molecule has 0 radical (unpaired) electrons. The molecule has 0 amide bonds. The Bertz CT molecular complexity index is 926. The zero-order valence-electron chi connectivity index (χ0n) is 18.4. The van der Waals surface area contributed by atoms with Crippen LogP contribution in [0.1, 0.15) is 50.2 Å². The molecule has 2 fully saturated rings. The van der Waals surface area contributed by atoms with Gasteiger partial charge in [-0.15, -0.1) is 0 Å². The van der Waals surface area contributed by atoms with Crippen LogP contribution in [-0.4, -0.2) is 52.3 Å². The third kappa shape index (κ3) is 3.85. The molecule has 0 aromatic heterocycles. The van der Waals surface area contributed by atoms with Gasteiger partial charge in [0.15, 0.2) is 11.5 Å². The van der Waals surface area contributed by atoms with E-state index in [1.54, 1.807) is 14.2 Å². The van der Waals surface area contributed by atoms with Crippen molar-refractivity contribution in [3.8, 4) is 11.5 Å². The Balaban J connectivity index is 0.000000171. The number of ketones is 1. The topological polar surface area (TPSA) is 102 Å². The molecule has 168 valence electrons. The highest BCUT2D eigenvalue weighted by atomic mass is 32.2. The van der Waals surface area contributed by atoms with Gasteiger partial charge in [-0.3, -0.25) is 9.35 Å². The van der Waals surface area contributed by atoms with Crippen molar-refractivity contribution >= 4 is 15.9 Å². The highest BCUT2D eigenvalue weighted by Crippen LogP contribution is 2.64. The number of Topliss-reactive ketones (excluding diaryl/α,β-unsaturated/α-hetero) is 1. The molecule has 2 bridgehead atoms. The summed E-state index contributed by atoms with van der Waals surface area (Å²) in [5, 5.41) is 3.20. The zero-order valence-corrected chi connectivity index (χ0v) is 19.3. The van der Waals surface area contributed by atoms with E-state index in [-0.39, 0.29) is 17.1 Å². The molecule has 3 aliphatic rings. The summed E-state index contributed by atoms with van der Waals surface area (Å²) in [6.07, 6.45) is 3.11. The Hall–Kier alpha value is -1.64. The van der Waals surface area contributed by atoms with Gasteiger partial charge in [0.2, 0.25) is 0 Å². The minimum Gasteiger partial charge on any atom is -0.493 e. The van der Waals surface area contributed by atoms with Gasteiger partial charge in [0.1, 0.15) is 5.78 Å². The van der Waals surface area contributed by atoms with Crippen LogP contribution in [0.3, 0.4) is 0 Å². The smallest absolute Gasteiger partial charge is 0.265 e. The summed E-state index contributed by atoms with van der Waals surface area (Å²) >= 11 is 0. The van der Waals surface area contributed by atoms with Crippen molar-refractivity contribution in [3.05, 3.63) is 23.3 Å². The Kier molecular flexibility index (Phi) is 6.24. The number of carbonyl (C=O) groups excluding carboxylic acids is 1. The molecule has 4 rings (SSSR count). The Morgan fingerprint density at radius 2 is 1.80 bits per heavy atom. The average molecular weight is 440 g/mol. The highest BCUT2D eigenvalue weighted by molar-refractivity contribution is 7.85. The predicted molar refractivity (Wildman–Crippen MR) is 115 cm³/mol. The minimum atomic E-state index is -4.08. The van der Waals surface area contributed by atoms with Gasteiger partial charge in [0, 0.05) is 18.9 Å². The molecule has 0 unspecified atom stereocenters. The van der Waals surface area contributed by atoms with Gasteiger partial charge in [0.25, 0.3) is 10.1 Å². The molecule has 0 aliphatic heterocycles. The first kappa shape index (κ1) is 23.0. The van der Waals surface area contributed by atoms with Crippen molar-refractivity contribution < 1.29 is 27.2 Å². The molecule has 1 aromatic rings. The predicted octanol–water partition coefficient (Wildman–Crippen LogP) is 2.83. The second-order valence-electron chi connectivity index (χ2n) is 9.26. The van der Waals surface area contributed by atoms with Crippen molar-refractivity contribution in [3.63, 3.8) is 0 Å². The van der Waals surface area contributed by atoms with Crippen molar-refractivity contribution in [2.24, 2.45) is 16.7 Å². The molecule has 8 heteroatoms. The van der Waals surface area contributed by atoms with Crippen molar-refractivity contribution in [2.45, 2.75) is 45.4 Å². The van der Waals surface area contributed by atoms with Gasteiger partial charge in [-0.25, -0.2) is 0 Å². The first-order valence-corrected chi connectivity index (χ1v) is 12.0. The van der Waals surface area contributed by atoms with Crippen LogP contribution in [0.4, 0.5) is 0 Å². The fraction of sp³-hybridized carbons (Fsp3) is 0.682. The lowest BCUT2D eigenvalue weighted by atomic mass is 9.70. The first-order valence-electron chi connectivity index (χ1n) is 10.4. The van der Waals surface area contributed by atoms with Crippen molar-refractivity contribution in [1.29, 1.82) is 0 Å². The number of likely N-dealkylation sites (N-methyl/N-ethyl adjacent to an activating group) is 1. The summed E-state index contributed by atoms with van der Waals surface area (Å²) in [6.45, 7) is 4.92. The van der Waals surface area contributed by atoms with E-state index >= 15 is 0 Å². The van der Waals surface area contributed by atoms with Gasteiger partial charge in [-0.1, -0.05) is 13.8 Å². The van der Waals surface area contributed by atoms with Crippen LogP contribution in [0.5, 0.6) is 11.5 Å². The third-order valence-electron chi connectivity index (χ3n) is 7.57. The van der Waals surface area contributed by atoms with E-state index in [0.29, 0.717) is 18.8 Å². The van der Waals surface area contributed by atoms with Crippen LogP contribution in [0.25, 0.3) is 0 Å². The standard InChI is InChI=1S/C12H17NO2.C10H16O4S/c1-13-7-9-4-8-5-11(14-2)12(15-3)6-10(8)9;1-9(2)7-3-4-10(9,8(11)5-7)6-15(12,13)14/h5-6,9,13H,4,7H2,1-3H3;7H,3-6H2,1-2H3,(H,12,13,14)/t9-;7-,10-/m11/s1. The fourth-order valence-corrected chi connectivity index (χ4v) is 6.89. The zero-order chi connectivity index (χ0) is 22.3. The molecule has 7 nitrogen and oxygen atoms in total. The monoisotopic (exact) mass is 439 g/mol. The first-order chi connectivity index (χ1) is 14.0. The molecule has 0 heterocycles. The maximum absolute atomic E-state index is 11.9. The molecule has 0 spiro atoms. The van der Waals surface area contributed by atoms with Crippen LogP contribution >= 0.6 is 0 Å². The quantitative estimate of drug-likeness (QED) is 0.657. The molecule has 30 heavy (non-hydrogen) atoms. The van der Waals surface area contributed by atoms with E-state index in [2.05, 4.69) is 17.4 Å². The lowest BCUT2D eigenvalue weighted by Crippen LogP contribution is -2.42. The number of nitrogens with one attached hydrogen (secondary N) is 1. The summed E-state index contributed by atoms with van der Waals surface area (Å²) in [4.78, 5) is 11.9. The molecule has 2 saturated carbocycles. The van der Waals surface area contributed by atoms with Gasteiger partial charge < -0.3 is 14.8 Å². The van der Waals surface area contributed by atoms with Gasteiger partial charge in [-0.05, 0) is 60.9 Å². The van der Waals surface area contributed by atoms with Crippen molar-refractivity contribution in [2.75, 3.05) is 33.6 Å². The van der Waals surface area contributed by atoms with E-state index in [1.165, 1.54) is 11.1 Å². The molecule has 3 atom stereocenters. The van der Waals surface area contributed by atoms with Gasteiger partial charge >= 0.3 is 0 Å². The van der Waals surface area contributed by atoms with E-state index in [1.807, 2.05) is 20.9 Å².